The Bertz CT molecular complexity index is 437. The van der Waals surface area contributed by atoms with E-state index in [0.29, 0.717) is 10.0 Å². The van der Waals surface area contributed by atoms with Gasteiger partial charge in [-0.15, -0.1) is 0 Å². The van der Waals surface area contributed by atoms with Gasteiger partial charge in [0.1, 0.15) is 5.82 Å². The lowest BCUT2D eigenvalue weighted by molar-refractivity contribution is -0.138. The Morgan fingerprint density at radius 1 is 1.35 bits per heavy atom. The van der Waals surface area contributed by atoms with Gasteiger partial charge in [-0.25, -0.2) is 4.39 Å². The van der Waals surface area contributed by atoms with Crippen LogP contribution < -0.4 is 5.32 Å². The van der Waals surface area contributed by atoms with Gasteiger partial charge in [0.2, 0.25) is 5.91 Å². The van der Waals surface area contributed by atoms with E-state index >= 15 is 0 Å². The van der Waals surface area contributed by atoms with E-state index in [0.717, 1.165) is 0 Å². The summed E-state index contributed by atoms with van der Waals surface area (Å²) in [7, 11) is 0. The van der Waals surface area contributed by atoms with Gasteiger partial charge in [0.05, 0.1) is 6.42 Å². The lowest BCUT2D eigenvalue weighted by Gasteiger charge is -2.06. The SMILES string of the molecule is O=C(O)CCC(=O)NCc1cc(Br)ccc1F. The number of carbonyl (C=O) groups excluding carboxylic acids is 1. The lowest BCUT2D eigenvalue weighted by atomic mass is 10.2. The van der Waals surface area contributed by atoms with Crippen LogP contribution in [0.15, 0.2) is 22.7 Å². The molecule has 1 rings (SSSR count). The molecule has 0 saturated heterocycles. The van der Waals surface area contributed by atoms with Gasteiger partial charge in [-0.05, 0) is 18.2 Å². The summed E-state index contributed by atoms with van der Waals surface area (Å²) >= 11 is 3.20. The van der Waals surface area contributed by atoms with Crippen molar-refractivity contribution in [3.05, 3.63) is 34.1 Å². The normalized spacial score (nSPS) is 10.0. The minimum Gasteiger partial charge on any atom is -0.481 e. The largest absolute Gasteiger partial charge is 0.481 e. The van der Waals surface area contributed by atoms with Crippen LogP contribution in [0.3, 0.4) is 0 Å². The summed E-state index contributed by atoms with van der Waals surface area (Å²) in [6.07, 6.45) is -0.336. The van der Waals surface area contributed by atoms with Crippen molar-refractivity contribution in [2.24, 2.45) is 0 Å². The third-order valence-corrected chi connectivity index (χ3v) is 2.54. The number of carbonyl (C=O) groups is 2. The van der Waals surface area contributed by atoms with Crippen molar-refractivity contribution < 1.29 is 19.1 Å². The number of benzene rings is 1. The summed E-state index contributed by atoms with van der Waals surface area (Å²) in [4.78, 5) is 21.4. The topological polar surface area (TPSA) is 66.4 Å². The first-order chi connectivity index (χ1) is 7.99. The Morgan fingerprint density at radius 2 is 2.06 bits per heavy atom. The number of halogens is 2. The second-order valence-corrected chi connectivity index (χ2v) is 4.32. The van der Waals surface area contributed by atoms with E-state index in [2.05, 4.69) is 21.2 Å². The number of carboxylic acid groups (broad SMARTS) is 1. The molecule has 1 amide bonds. The molecule has 92 valence electrons. The highest BCUT2D eigenvalue weighted by molar-refractivity contribution is 9.10. The number of hydrogen-bond donors (Lipinski definition) is 2. The van der Waals surface area contributed by atoms with Crippen molar-refractivity contribution in [1.82, 2.24) is 5.32 Å². The molecule has 2 N–H and O–H groups in total. The van der Waals surface area contributed by atoms with Crippen molar-refractivity contribution in [1.29, 1.82) is 0 Å². The predicted octanol–water partition coefficient (Wildman–Crippen LogP) is 2.07. The van der Waals surface area contributed by atoms with E-state index in [9.17, 15) is 14.0 Å². The third-order valence-electron chi connectivity index (χ3n) is 2.05. The molecule has 0 aliphatic rings. The molecule has 0 aromatic heterocycles. The molecule has 0 unspecified atom stereocenters. The third kappa shape index (κ3) is 4.95. The number of carboxylic acids is 1. The molecular weight excluding hydrogens is 293 g/mol. The van der Waals surface area contributed by atoms with Gasteiger partial charge in [0.15, 0.2) is 0 Å². The second-order valence-electron chi connectivity index (χ2n) is 3.41. The molecule has 0 bridgehead atoms. The molecule has 1 aromatic carbocycles. The van der Waals surface area contributed by atoms with Crippen LogP contribution in [-0.2, 0) is 16.1 Å². The zero-order valence-electron chi connectivity index (χ0n) is 8.87. The number of amides is 1. The summed E-state index contributed by atoms with van der Waals surface area (Å²) in [6.45, 7) is 0.0454. The van der Waals surface area contributed by atoms with Crippen molar-refractivity contribution in [3.63, 3.8) is 0 Å². The fraction of sp³-hybridized carbons (Fsp3) is 0.273. The van der Waals surface area contributed by atoms with Gasteiger partial charge in [0, 0.05) is 23.0 Å². The van der Waals surface area contributed by atoms with Crippen molar-refractivity contribution in [2.75, 3.05) is 0 Å². The second kappa shape index (κ2) is 6.34. The molecule has 17 heavy (non-hydrogen) atoms. The Labute approximate surface area is 106 Å². The lowest BCUT2D eigenvalue weighted by Crippen LogP contribution is -2.23. The minimum absolute atomic E-state index is 0.0454. The van der Waals surface area contributed by atoms with E-state index in [4.69, 9.17) is 5.11 Å². The van der Waals surface area contributed by atoms with Gasteiger partial charge in [-0.1, -0.05) is 15.9 Å². The van der Waals surface area contributed by atoms with E-state index in [1.54, 1.807) is 12.1 Å². The summed E-state index contributed by atoms with van der Waals surface area (Å²) in [5.41, 5.74) is 0.350. The van der Waals surface area contributed by atoms with Crippen LogP contribution in [0.2, 0.25) is 0 Å². The van der Waals surface area contributed by atoms with Crippen LogP contribution in [0.5, 0.6) is 0 Å². The Balaban J connectivity index is 2.47. The van der Waals surface area contributed by atoms with Crippen molar-refractivity contribution >= 4 is 27.8 Å². The van der Waals surface area contributed by atoms with Crippen LogP contribution in [0.4, 0.5) is 4.39 Å². The molecule has 6 heteroatoms. The van der Waals surface area contributed by atoms with Crippen molar-refractivity contribution in [2.45, 2.75) is 19.4 Å². The average Bonchev–Trinajstić information content (AvgIpc) is 2.27. The minimum atomic E-state index is -1.03. The molecular formula is C11H11BrFNO3. The molecule has 0 heterocycles. The molecule has 0 atom stereocenters. The number of nitrogens with one attached hydrogen (secondary N) is 1. The molecule has 4 nitrogen and oxygen atoms in total. The number of hydrogen-bond acceptors (Lipinski definition) is 2. The summed E-state index contributed by atoms with van der Waals surface area (Å²) in [6, 6.07) is 4.42. The highest BCUT2D eigenvalue weighted by Crippen LogP contribution is 2.15. The van der Waals surface area contributed by atoms with Crippen LogP contribution in [-0.4, -0.2) is 17.0 Å². The zero-order valence-corrected chi connectivity index (χ0v) is 10.5. The summed E-state index contributed by atoms with van der Waals surface area (Å²) in [5, 5.41) is 10.8. The fourth-order valence-corrected chi connectivity index (χ4v) is 1.59. The maximum absolute atomic E-state index is 13.3. The van der Waals surface area contributed by atoms with E-state index in [-0.39, 0.29) is 19.4 Å². The number of aliphatic carboxylic acids is 1. The Kier molecular flexibility index (Phi) is 5.09. The quantitative estimate of drug-likeness (QED) is 0.875. The van der Waals surface area contributed by atoms with Gasteiger partial charge in [-0.2, -0.15) is 0 Å². The van der Waals surface area contributed by atoms with E-state index in [1.807, 2.05) is 0 Å². The van der Waals surface area contributed by atoms with Crippen LogP contribution in [0.1, 0.15) is 18.4 Å². The smallest absolute Gasteiger partial charge is 0.303 e. The number of rotatable bonds is 5. The predicted molar refractivity (Wildman–Crippen MR) is 62.8 cm³/mol. The van der Waals surface area contributed by atoms with Gasteiger partial charge >= 0.3 is 5.97 Å². The zero-order chi connectivity index (χ0) is 12.8. The van der Waals surface area contributed by atoms with Crippen LogP contribution >= 0.6 is 15.9 Å². The van der Waals surface area contributed by atoms with Crippen molar-refractivity contribution in [3.8, 4) is 0 Å². The first kappa shape index (κ1) is 13.6. The molecule has 1 aromatic rings. The Hall–Kier alpha value is -1.43. The van der Waals surface area contributed by atoms with Gasteiger partial charge in [0.25, 0.3) is 0 Å². The average molecular weight is 304 g/mol. The first-order valence-corrected chi connectivity index (χ1v) is 5.71. The fourth-order valence-electron chi connectivity index (χ4n) is 1.18. The molecule has 0 spiro atoms. The standard InChI is InChI=1S/C11H11BrFNO3/c12-8-1-2-9(13)7(5-8)6-14-10(15)3-4-11(16)17/h1-2,5H,3-4,6H2,(H,14,15)(H,16,17). The van der Waals surface area contributed by atoms with Crippen LogP contribution in [0.25, 0.3) is 0 Å². The molecule has 0 saturated carbocycles. The van der Waals surface area contributed by atoms with Gasteiger partial charge < -0.3 is 10.4 Å². The van der Waals surface area contributed by atoms with E-state index in [1.165, 1.54) is 6.07 Å². The molecule has 0 aliphatic heterocycles. The van der Waals surface area contributed by atoms with Crippen LogP contribution in [0, 0.1) is 5.82 Å². The molecule has 0 fully saturated rings. The maximum Gasteiger partial charge on any atom is 0.303 e. The summed E-state index contributed by atoms with van der Waals surface area (Å²) in [5.74, 6) is -1.85. The molecule has 0 aliphatic carbocycles. The highest BCUT2D eigenvalue weighted by atomic mass is 79.9. The first-order valence-electron chi connectivity index (χ1n) is 4.91. The Morgan fingerprint density at radius 3 is 2.71 bits per heavy atom. The molecule has 0 radical (unpaired) electrons. The maximum atomic E-state index is 13.3. The van der Waals surface area contributed by atoms with E-state index < -0.39 is 17.7 Å². The summed E-state index contributed by atoms with van der Waals surface area (Å²) < 4.78 is 14.0. The highest BCUT2D eigenvalue weighted by Gasteiger charge is 2.07. The van der Waals surface area contributed by atoms with Gasteiger partial charge in [-0.3, -0.25) is 9.59 Å². The monoisotopic (exact) mass is 303 g/mol.